The fourth-order valence-corrected chi connectivity index (χ4v) is 4.50. The van der Waals surface area contributed by atoms with Gasteiger partial charge in [0.15, 0.2) is 0 Å². The van der Waals surface area contributed by atoms with Crippen LogP contribution in [0.1, 0.15) is 20.3 Å². The van der Waals surface area contributed by atoms with Gasteiger partial charge in [-0.3, -0.25) is 14.4 Å². The van der Waals surface area contributed by atoms with Crippen LogP contribution in [-0.4, -0.2) is 38.9 Å². The number of rotatable bonds is 5. The summed E-state index contributed by atoms with van der Waals surface area (Å²) in [6.07, 6.45) is 0.0302. The van der Waals surface area contributed by atoms with Crippen molar-refractivity contribution in [3.05, 3.63) is 42.5 Å². The van der Waals surface area contributed by atoms with Crippen LogP contribution < -0.4 is 10.6 Å². The van der Waals surface area contributed by atoms with E-state index in [1.807, 2.05) is 36.4 Å². The van der Waals surface area contributed by atoms with Gasteiger partial charge in [0.25, 0.3) is 0 Å². The maximum atomic E-state index is 12.9. The largest absolute Gasteiger partial charge is 0.480 e. The zero-order chi connectivity index (χ0) is 19.1. The minimum Gasteiger partial charge on any atom is -0.480 e. The number of thioether (sulfide) groups is 1. The summed E-state index contributed by atoms with van der Waals surface area (Å²) in [4.78, 5) is 37.9. The van der Waals surface area contributed by atoms with E-state index in [1.54, 1.807) is 19.9 Å². The highest BCUT2D eigenvalue weighted by atomic mass is 32.2. The molecule has 7 heteroatoms. The van der Waals surface area contributed by atoms with Crippen molar-refractivity contribution in [1.29, 1.82) is 0 Å². The van der Waals surface area contributed by atoms with Crippen molar-refractivity contribution in [3.63, 3.8) is 0 Å². The maximum Gasteiger partial charge on any atom is 0.321 e. The number of fused-ring (bicyclic) bond motifs is 1. The van der Waals surface area contributed by atoms with Crippen molar-refractivity contribution in [3.8, 4) is 0 Å². The molecule has 1 fully saturated rings. The fraction of sp³-hybridized carbons (Fsp3) is 0.316. The number of benzene rings is 2. The standard InChI is InChI=1S/C19H20N2O4S/c1-19(2,16(20)18(24)25)26-14-10-15(22)21(17(14)23)13-9-5-7-11-6-3-4-8-12(11)13/h3-9,14,16H,10,20H2,1-2H3,(H,24,25)/t14-,16+/m0/s1. The number of hydrogen-bond donors (Lipinski definition) is 2. The molecule has 0 saturated carbocycles. The zero-order valence-corrected chi connectivity index (χ0v) is 15.3. The highest BCUT2D eigenvalue weighted by Gasteiger charge is 2.45. The second-order valence-electron chi connectivity index (χ2n) is 6.80. The second kappa shape index (κ2) is 6.74. The molecule has 2 aromatic carbocycles. The number of nitrogens with two attached hydrogens (primary N) is 1. The molecule has 6 nitrogen and oxygen atoms in total. The summed E-state index contributed by atoms with van der Waals surface area (Å²) < 4.78 is -0.888. The van der Waals surface area contributed by atoms with Gasteiger partial charge in [-0.15, -0.1) is 11.8 Å². The molecule has 1 saturated heterocycles. The highest BCUT2D eigenvalue weighted by Crippen LogP contribution is 2.39. The number of nitrogens with zero attached hydrogens (tertiary/aromatic N) is 1. The molecular weight excluding hydrogens is 352 g/mol. The van der Waals surface area contributed by atoms with Gasteiger partial charge in [-0.25, -0.2) is 4.90 Å². The first kappa shape index (κ1) is 18.4. The van der Waals surface area contributed by atoms with E-state index in [9.17, 15) is 14.4 Å². The molecule has 2 aromatic rings. The third-order valence-corrected chi connectivity index (χ3v) is 6.09. The van der Waals surface area contributed by atoms with E-state index in [2.05, 4.69) is 0 Å². The Bertz CT molecular complexity index is 891. The van der Waals surface area contributed by atoms with Crippen LogP contribution in [0.5, 0.6) is 0 Å². The van der Waals surface area contributed by atoms with Crippen LogP contribution in [0.25, 0.3) is 10.8 Å². The maximum absolute atomic E-state index is 12.9. The van der Waals surface area contributed by atoms with E-state index >= 15 is 0 Å². The lowest BCUT2D eigenvalue weighted by Gasteiger charge is -2.30. The van der Waals surface area contributed by atoms with E-state index in [0.717, 1.165) is 22.5 Å². The Morgan fingerprint density at radius 3 is 2.58 bits per heavy atom. The van der Waals surface area contributed by atoms with E-state index in [0.29, 0.717) is 5.69 Å². The molecule has 0 aromatic heterocycles. The lowest BCUT2D eigenvalue weighted by Crippen LogP contribution is -2.48. The van der Waals surface area contributed by atoms with Crippen LogP contribution in [0.2, 0.25) is 0 Å². The third-order valence-electron chi connectivity index (χ3n) is 4.57. The third kappa shape index (κ3) is 3.20. The molecule has 3 N–H and O–H groups in total. The van der Waals surface area contributed by atoms with Gasteiger partial charge in [-0.1, -0.05) is 36.4 Å². The molecule has 1 aliphatic heterocycles. The molecule has 0 aliphatic carbocycles. The molecule has 2 amide bonds. The van der Waals surface area contributed by atoms with Crippen LogP contribution in [-0.2, 0) is 14.4 Å². The average molecular weight is 372 g/mol. The Morgan fingerprint density at radius 2 is 1.88 bits per heavy atom. The molecule has 136 valence electrons. The van der Waals surface area contributed by atoms with Crippen LogP contribution >= 0.6 is 11.8 Å². The fourth-order valence-electron chi connectivity index (χ4n) is 3.09. The van der Waals surface area contributed by atoms with Gasteiger partial charge in [-0.2, -0.15) is 0 Å². The molecule has 1 heterocycles. The first-order chi connectivity index (χ1) is 12.2. The van der Waals surface area contributed by atoms with Gasteiger partial charge in [0.2, 0.25) is 11.8 Å². The van der Waals surface area contributed by atoms with Gasteiger partial charge >= 0.3 is 5.97 Å². The minimum atomic E-state index is -1.14. The summed E-state index contributed by atoms with van der Waals surface area (Å²) in [5.41, 5.74) is 6.30. The lowest BCUT2D eigenvalue weighted by molar-refractivity contribution is -0.139. The number of carbonyl (C=O) groups excluding carboxylic acids is 2. The Hall–Kier alpha value is -2.38. The van der Waals surface area contributed by atoms with Crippen molar-refractivity contribution < 1.29 is 19.5 Å². The monoisotopic (exact) mass is 372 g/mol. The number of anilines is 1. The number of aliphatic carboxylic acids is 1. The molecule has 0 radical (unpaired) electrons. The van der Waals surface area contributed by atoms with Crippen molar-refractivity contribution in [1.82, 2.24) is 0 Å². The van der Waals surface area contributed by atoms with E-state index in [-0.39, 0.29) is 18.2 Å². The summed E-state index contributed by atoms with van der Waals surface area (Å²) in [7, 11) is 0. The number of carboxylic acid groups (broad SMARTS) is 1. The average Bonchev–Trinajstić information content (AvgIpc) is 2.86. The summed E-state index contributed by atoms with van der Waals surface area (Å²) in [5.74, 6) is -1.75. The van der Waals surface area contributed by atoms with Crippen LogP contribution in [0.3, 0.4) is 0 Å². The number of amides is 2. The summed E-state index contributed by atoms with van der Waals surface area (Å²) in [6.45, 7) is 3.35. The van der Waals surface area contributed by atoms with Crippen LogP contribution in [0.15, 0.2) is 42.5 Å². The van der Waals surface area contributed by atoms with Crippen molar-refractivity contribution in [2.45, 2.75) is 36.3 Å². The van der Waals surface area contributed by atoms with Gasteiger partial charge in [-0.05, 0) is 25.3 Å². The molecule has 3 rings (SSSR count). The predicted molar refractivity (Wildman–Crippen MR) is 102 cm³/mol. The molecule has 0 spiro atoms. The molecule has 26 heavy (non-hydrogen) atoms. The zero-order valence-electron chi connectivity index (χ0n) is 14.5. The number of imide groups is 1. The van der Waals surface area contributed by atoms with Crippen LogP contribution in [0.4, 0.5) is 5.69 Å². The quantitative estimate of drug-likeness (QED) is 0.782. The van der Waals surface area contributed by atoms with Gasteiger partial charge in [0.1, 0.15) is 6.04 Å². The minimum absolute atomic E-state index is 0.0302. The lowest BCUT2D eigenvalue weighted by atomic mass is 10.1. The number of carbonyl (C=O) groups is 3. The van der Waals surface area contributed by atoms with Crippen molar-refractivity contribution in [2.75, 3.05) is 4.90 Å². The van der Waals surface area contributed by atoms with E-state index in [1.165, 1.54) is 4.90 Å². The van der Waals surface area contributed by atoms with Crippen molar-refractivity contribution >= 4 is 46.0 Å². The van der Waals surface area contributed by atoms with Gasteiger partial charge in [0.05, 0.1) is 10.9 Å². The Morgan fingerprint density at radius 1 is 1.23 bits per heavy atom. The molecular formula is C19H20N2O4S. The molecule has 1 aliphatic rings. The molecule has 0 bridgehead atoms. The Kier molecular flexibility index (Phi) is 4.77. The molecule has 0 unspecified atom stereocenters. The van der Waals surface area contributed by atoms with Crippen LogP contribution in [0, 0.1) is 0 Å². The summed E-state index contributed by atoms with van der Waals surface area (Å²) in [5, 5.41) is 10.3. The smallest absolute Gasteiger partial charge is 0.321 e. The Labute approximate surface area is 155 Å². The van der Waals surface area contributed by atoms with E-state index in [4.69, 9.17) is 10.8 Å². The number of hydrogen-bond acceptors (Lipinski definition) is 5. The summed E-state index contributed by atoms with van der Waals surface area (Å²) in [6, 6.07) is 11.9. The first-order valence-electron chi connectivity index (χ1n) is 8.23. The SMILES string of the molecule is CC(C)(S[C@H]1CC(=O)N(c2cccc3ccccc23)C1=O)[C@H](N)C(=O)O. The first-order valence-corrected chi connectivity index (χ1v) is 9.11. The van der Waals surface area contributed by atoms with Gasteiger partial charge < -0.3 is 10.8 Å². The Balaban J connectivity index is 1.91. The predicted octanol–water partition coefficient (Wildman–Crippen LogP) is 2.40. The molecule has 2 atom stereocenters. The summed E-state index contributed by atoms with van der Waals surface area (Å²) >= 11 is 1.14. The van der Waals surface area contributed by atoms with E-state index < -0.39 is 22.0 Å². The number of carboxylic acids is 1. The topological polar surface area (TPSA) is 101 Å². The normalized spacial score (nSPS) is 19.2. The van der Waals surface area contributed by atoms with Crippen molar-refractivity contribution in [2.24, 2.45) is 5.73 Å². The van der Waals surface area contributed by atoms with Gasteiger partial charge in [0, 0.05) is 16.6 Å². The second-order valence-corrected chi connectivity index (χ2v) is 8.65. The highest BCUT2D eigenvalue weighted by molar-refractivity contribution is 8.02.